The fraction of sp³-hybridized carbons (Fsp3) is 0.600. The molecule has 1 aromatic carbocycles. The second-order valence-corrected chi connectivity index (χ2v) is 8.51. The van der Waals surface area contributed by atoms with Crippen molar-refractivity contribution < 1.29 is 8.42 Å². The first-order valence-electron chi connectivity index (χ1n) is 7.24. The predicted octanol–water partition coefficient (Wildman–Crippen LogP) is 2.23. The van der Waals surface area contributed by atoms with Gasteiger partial charge in [-0.3, -0.25) is 0 Å². The highest BCUT2D eigenvalue weighted by Gasteiger charge is 2.24. The van der Waals surface area contributed by atoms with E-state index in [2.05, 4.69) is 5.32 Å². The number of rotatable bonds is 8. The number of hydrogen-bond acceptors (Lipinski definition) is 4. The molecular weight excluding hydrogens is 304 g/mol. The van der Waals surface area contributed by atoms with Gasteiger partial charge in [0, 0.05) is 31.9 Å². The van der Waals surface area contributed by atoms with Crippen molar-refractivity contribution in [2.75, 3.05) is 25.6 Å². The average molecular weight is 329 g/mol. The number of nitrogens with zero attached hydrogens (tertiary/aromatic N) is 1. The topological polar surface area (TPSA) is 49.4 Å². The van der Waals surface area contributed by atoms with Crippen LogP contribution in [0, 0.1) is 6.92 Å². The molecule has 2 rings (SSSR count). The Hall–Kier alpha value is -0.560. The summed E-state index contributed by atoms with van der Waals surface area (Å²) in [7, 11) is -1.74. The largest absolute Gasteiger partial charge is 0.310 e. The molecule has 1 fully saturated rings. The Morgan fingerprint density at radius 1 is 1.38 bits per heavy atom. The average Bonchev–Trinajstić information content (AvgIpc) is 3.27. The van der Waals surface area contributed by atoms with E-state index in [1.807, 2.05) is 25.3 Å². The zero-order valence-corrected chi connectivity index (χ0v) is 14.6. The summed E-state index contributed by atoms with van der Waals surface area (Å²) in [4.78, 5) is 0.432. The summed E-state index contributed by atoms with van der Waals surface area (Å²) in [5, 5.41) is 3.44. The van der Waals surface area contributed by atoms with Gasteiger partial charge in [-0.25, -0.2) is 12.7 Å². The van der Waals surface area contributed by atoms with Crippen molar-refractivity contribution in [1.82, 2.24) is 9.62 Å². The highest BCUT2D eigenvalue weighted by molar-refractivity contribution is 7.98. The lowest BCUT2D eigenvalue weighted by Gasteiger charge is -2.19. The molecule has 21 heavy (non-hydrogen) atoms. The van der Waals surface area contributed by atoms with E-state index in [9.17, 15) is 8.42 Å². The first-order valence-corrected chi connectivity index (χ1v) is 10.1. The molecule has 0 heterocycles. The van der Waals surface area contributed by atoms with E-state index in [1.54, 1.807) is 24.9 Å². The van der Waals surface area contributed by atoms with Gasteiger partial charge in [0.25, 0.3) is 0 Å². The smallest absolute Gasteiger partial charge is 0.243 e. The molecule has 0 saturated heterocycles. The van der Waals surface area contributed by atoms with E-state index in [0.717, 1.165) is 23.4 Å². The van der Waals surface area contributed by atoms with E-state index in [1.165, 1.54) is 17.1 Å². The van der Waals surface area contributed by atoms with Crippen molar-refractivity contribution in [2.24, 2.45) is 0 Å². The second-order valence-electron chi connectivity index (χ2n) is 5.51. The molecule has 1 aliphatic carbocycles. The second kappa shape index (κ2) is 7.13. The molecule has 6 heteroatoms. The minimum Gasteiger partial charge on any atom is -0.310 e. The standard InChI is InChI=1S/C15H24N2O2S2/c1-12-13(11-16-14-7-8-14)5-4-6-15(12)21(18,19)17(2)9-10-20-3/h4-6,14,16H,7-11H2,1-3H3. The van der Waals surface area contributed by atoms with Crippen LogP contribution >= 0.6 is 11.8 Å². The van der Waals surface area contributed by atoms with Gasteiger partial charge >= 0.3 is 0 Å². The highest BCUT2D eigenvalue weighted by atomic mass is 32.2. The normalized spacial score (nSPS) is 15.6. The van der Waals surface area contributed by atoms with Gasteiger partial charge in [0.15, 0.2) is 0 Å². The highest BCUT2D eigenvalue weighted by Crippen LogP contribution is 2.24. The molecule has 1 N–H and O–H groups in total. The SMILES string of the molecule is CSCCN(C)S(=O)(=O)c1cccc(CNC2CC2)c1C. The summed E-state index contributed by atoms with van der Waals surface area (Å²) in [5.41, 5.74) is 1.93. The zero-order valence-electron chi connectivity index (χ0n) is 12.9. The Balaban J connectivity index is 2.19. The van der Waals surface area contributed by atoms with Crippen LogP contribution in [0.2, 0.25) is 0 Å². The molecule has 0 aliphatic heterocycles. The lowest BCUT2D eigenvalue weighted by atomic mass is 10.1. The van der Waals surface area contributed by atoms with Crippen molar-refractivity contribution in [2.45, 2.75) is 37.2 Å². The van der Waals surface area contributed by atoms with Gasteiger partial charge in [-0.1, -0.05) is 12.1 Å². The van der Waals surface area contributed by atoms with Crippen LogP contribution in [0.4, 0.5) is 0 Å². The fourth-order valence-corrected chi connectivity index (χ4v) is 4.19. The van der Waals surface area contributed by atoms with Crippen LogP contribution in [-0.4, -0.2) is 44.4 Å². The number of benzene rings is 1. The Morgan fingerprint density at radius 3 is 2.71 bits per heavy atom. The van der Waals surface area contributed by atoms with Gasteiger partial charge < -0.3 is 5.32 Å². The molecule has 0 unspecified atom stereocenters. The van der Waals surface area contributed by atoms with Crippen LogP contribution in [0.25, 0.3) is 0 Å². The van der Waals surface area contributed by atoms with Crippen molar-refractivity contribution in [3.63, 3.8) is 0 Å². The van der Waals surface area contributed by atoms with E-state index in [0.29, 0.717) is 17.5 Å². The van der Waals surface area contributed by atoms with Crippen LogP contribution in [0.5, 0.6) is 0 Å². The molecule has 0 amide bonds. The molecule has 118 valence electrons. The first-order chi connectivity index (χ1) is 9.96. The predicted molar refractivity (Wildman–Crippen MR) is 89.2 cm³/mol. The Kier molecular flexibility index (Phi) is 5.71. The van der Waals surface area contributed by atoms with Crippen molar-refractivity contribution in [3.05, 3.63) is 29.3 Å². The summed E-state index contributed by atoms with van der Waals surface area (Å²) in [6.45, 7) is 3.18. The number of thioether (sulfide) groups is 1. The van der Waals surface area contributed by atoms with Gasteiger partial charge in [-0.05, 0) is 43.2 Å². The summed E-state index contributed by atoms with van der Waals surface area (Å²) < 4.78 is 26.8. The van der Waals surface area contributed by atoms with Crippen molar-refractivity contribution in [3.8, 4) is 0 Å². The van der Waals surface area contributed by atoms with E-state index >= 15 is 0 Å². The maximum atomic E-state index is 12.7. The summed E-state index contributed by atoms with van der Waals surface area (Å²) in [5.74, 6) is 0.803. The number of nitrogens with one attached hydrogen (secondary N) is 1. The Labute approximate surface area is 132 Å². The monoisotopic (exact) mass is 328 g/mol. The van der Waals surface area contributed by atoms with Gasteiger partial charge in [-0.15, -0.1) is 0 Å². The van der Waals surface area contributed by atoms with Crippen LogP contribution < -0.4 is 5.32 Å². The Morgan fingerprint density at radius 2 is 2.10 bits per heavy atom. The molecule has 0 aromatic heterocycles. The number of hydrogen-bond donors (Lipinski definition) is 1. The third-order valence-electron chi connectivity index (χ3n) is 3.85. The lowest BCUT2D eigenvalue weighted by molar-refractivity contribution is 0.488. The van der Waals surface area contributed by atoms with Crippen molar-refractivity contribution in [1.29, 1.82) is 0 Å². The van der Waals surface area contributed by atoms with Gasteiger partial charge in [-0.2, -0.15) is 11.8 Å². The van der Waals surface area contributed by atoms with Gasteiger partial charge in [0.2, 0.25) is 10.0 Å². The summed E-state index contributed by atoms with van der Waals surface area (Å²) >= 11 is 1.65. The molecule has 0 radical (unpaired) electrons. The van der Waals surface area contributed by atoms with Crippen LogP contribution in [0.1, 0.15) is 24.0 Å². The summed E-state index contributed by atoms with van der Waals surface area (Å²) in [6.07, 6.45) is 4.44. The maximum Gasteiger partial charge on any atom is 0.243 e. The first kappa shape index (κ1) is 16.8. The zero-order chi connectivity index (χ0) is 15.5. The van der Waals surface area contributed by atoms with Gasteiger partial charge in [0.05, 0.1) is 4.90 Å². The fourth-order valence-electron chi connectivity index (χ4n) is 2.18. The van der Waals surface area contributed by atoms with Crippen LogP contribution in [0.15, 0.2) is 23.1 Å². The maximum absolute atomic E-state index is 12.7. The lowest BCUT2D eigenvalue weighted by Crippen LogP contribution is -2.30. The Bertz CT molecular complexity index is 583. The van der Waals surface area contributed by atoms with Gasteiger partial charge in [0.1, 0.15) is 0 Å². The molecule has 0 atom stereocenters. The molecule has 1 saturated carbocycles. The quantitative estimate of drug-likeness (QED) is 0.795. The molecule has 1 aliphatic rings. The van der Waals surface area contributed by atoms with E-state index in [4.69, 9.17) is 0 Å². The molecular formula is C15H24N2O2S2. The minimum absolute atomic E-state index is 0.432. The molecule has 4 nitrogen and oxygen atoms in total. The minimum atomic E-state index is -3.40. The molecule has 1 aromatic rings. The van der Waals surface area contributed by atoms with E-state index in [-0.39, 0.29) is 0 Å². The van der Waals surface area contributed by atoms with E-state index < -0.39 is 10.0 Å². The van der Waals surface area contributed by atoms with Crippen LogP contribution in [0.3, 0.4) is 0 Å². The summed E-state index contributed by atoms with van der Waals surface area (Å²) in [6, 6.07) is 6.17. The third kappa shape index (κ3) is 4.22. The van der Waals surface area contributed by atoms with Crippen LogP contribution in [-0.2, 0) is 16.6 Å². The third-order valence-corrected chi connectivity index (χ3v) is 6.45. The molecule has 0 spiro atoms. The number of sulfonamides is 1. The molecule has 0 bridgehead atoms. The van der Waals surface area contributed by atoms with Crippen molar-refractivity contribution >= 4 is 21.8 Å².